The highest BCUT2D eigenvalue weighted by Gasteiger charge is 2.15. The maximum atomic E-state index is 13.9. The summed E-state index contributed by atoms with van der Waals surface area (Å²) in [5.74, 6) is -0.844. The molecule has 0 aliphatic heterocycles. The maximum Gasteiger partial charge on any atom is 0.269 e. The molecule has 1 saturated carbocycles. The van der Waals surface area contributed by atoms with E-state index in [-0.39, 0.29) is 30.1 Å². The van der Waals surface area contributed by atoms with E-state index >= 15 is 0 Å². The van der Waals surface area contributed by atoms with Crippen molar-refractivity contribution in [1.82, 2.24) is 9.88 Å². The second-order valence-corrected chi connectivity index (χ2v) is 8.00. The molecule has 1 aromatic heterocycles. The van der Waals surface area contributed by atoms with E-state index in [0.29, 0.717) is 6.04 Å². The standard InChI is InChI=1S/C20H25FN4O3S/c1-2-24-17(13-29-20(24)23-15-6-4-3-5-7-15)11-19(26)22-12-14-10-16(25(27)28)8-9-18(14)21/h8-10,13,15H,2-7,11-12H2,1H3,(H,22,26). The molecule has 29 heavy (non-hydrogen) atoms. The average Bonchev–Trinajstić information content (AvgIpc) is 3.08. The largest absolute Gasteiger partial charge is 0.352 e. The van der Waals surface area contributed by atoms with Gasteiger partial charge in [-0.05, 0) is 25.8 Å². The van der Waals surface area contributed by atoms with Crippen molar-refractivity contribution < 1.29 is 14.1 Å². The Morgan fingerprint density at radius 2 is 2.14 bits per heavy atom. The van der Waals surface area contributed by atoms with E-state index in [9.17, 15) is 19.3 Å². The number of nitrogens with one attached hydrogen (secondary N) is 1. The first-order chi connectivity index (χ1) is 14.0. The Hall–Kier alpha value is -2.55. The summed E-state index contributed by atoms with van der Waals surface area (Å²) in [4.78, 5) is 28.5. The highest BCUT2D eigenvalue weighted by Crippen LogP contribution is 2.20. The predicted octanol–water partition coefficient (Wildman–Crippen LogP) is 3.71. The molecule has 0 atom stereocenters. The second kappa shape index (κ2) is 9.78. The number of halogens is 1. The molecule has 9 heteroatoms. The first-order valence-corrected chi connectivity index (χ1v) is 10.8. The minimum Gasteiger partial charge on any atom is -0.352 e. The van der Waals surface area contributed by atoms with E-state index in [2.05, 4.69) is 5.32 Å². The SMILES string of the molecule is CCn1c(CC(=O)NCc2cc([N+](=O)[O-])ccc2F)csc1=NC1CCCCC1. The van der Waals surface area contributed by atoms with Gasteiger partial charge in [0.15, 0.2) is 4.80 Å². The quantitative estimate of drug-likeness (QED) is 0.547. The number of amides is 1. The summed E-state index contributed by atoms with van der Waals surface area (Å²) in [6.07, 6.45) is 6.10. The van der Waals surface area contributed by atoms with Gasteiger partial charge in [-0.25, -0.2) is 4.39 Å². The predicted molar refractivity (Wildman–Crippen MR) is 109 cm³/mol. The van der Waals surface area contributed by atoms with Crippen LogP contribution in [0.4, 0.5) is 10.1 Å². The molecular weight excluding hydrogens is 395 g/mol. The van der Waals surface area contributed by atoms with E-state index in [1.807, 2.05) is 16.9 Å². The zero-order chi connectivity index (χ0) is 20.8. The number of rotatable bonds is 7. The van der Waals surface area contributed by atoms with Crippen LogP contribution in [0, 0.1) is 15.9 Å². The van der Waals surface area contributed by atoms with E-state index in [0.717, 1.165) is 48.1 Å². The molecule has 7 nitrogen and oxygen atoms in total. The number of non-ortho nitro benzene ring substituents is 1. The van der Waals surface area contributed by atoms with Crippen LogP contribution in [0.25, 0.3) is 0 Å². The topological polar surface area (TPSA) is 89.5 Å². The van der Waals surface area contributed by atoms with Gasteiger partial charge in [-0.15, -0.1) is 11.3 Å². The minimum atomic E-state index is -0.586. The van der Waals surface area contributed by atoms with Crippen LogP contribution in [0.5, 0.6) is 0 Å². The number of benzene rings is 1. The lowest BCUT2D eigenvalue weighted by molar-refractivity contribution is -0.385. The molecule has 0 spiro atoms. The van der Waals surface area contributed by atoms with Gasteiger partial charge in [-0.1, -0.05) is 19.3 Å². The monoisotopic (exact) mass is 420 g/mol. The van der Waals surface area contributed by atoms with Crippen LogP contribution >= 0.6 is 11.3 Å². The fourth-order valence-electron chi connectivity index (χ4n) is 3.54. The van der Waals surface area contributed by atoms with Crippen LogP contribution in [0.2, 0.25) is 0 Å². The Labute approximate surface area is 172 Å². The highest BCUT2D eigenvalue weighted by atomic mass is 32.1. The lowest BCUT2D eigenvalue weighted by Gasteiger charge is -2.17. The highest BCUT2D eigenvalue weighted by molar-refractivity contribution is 7.07. The summed E-state index contributed by atoms with van der Waals surface area (Å²) in [6.45, 7) is 2.64. The molecule has 156 valence electrons. The average molecular weight is 421 g/mol. The van der Waals surface area contributed by atoms with Gasteiger partial charge < -0.3 is 9.88 Å². The summed E-state index contributed by atoms with van der Waals surface area (Å²) >= 11 is 1.54. The van der Waals surface area contributed by atoms with Crippen molar-refractivity contribution in [1.29, 1.82) is 0 Å². The molecule has 0 saturated heterocycles. The van der Waals surface area contributed by atoms with Crippen LogP contribution in [-0.2, 0) is 24.3 Å². The Bertz CT molecular complexity index is 947. The fourth-order valence-corrected chi connectivity index (χ4v) is 4.58. The first kappa shape index (κ1) is 21.2. The third-order valence-electron chi connectivity index (χ3n) is 5.12. The summed E-state index contributed by atoms with van der Waals surface area (Å²) in [6, 6.07) is 3.66. The van der Waals surface area contributed by atoms with Crippen molar-refractivity contribution in [2.24, 2.45) is 4.99 Å². The Balaban J connectivity index is 1.66. The van der Waals surface area contributed by atoms with Crippen molar-refractivity contribution in [3.8, 4) is 0 Å². The molecule has 2 aromatic rings. The molecule has 0 unspecified atom stereocenters. The van der Waals surface area contributed by atoms with E-state index < -0.39 is 10.7 Å². The third-order valence-corrected chi connectivity index (χ3v) is 6.05. The lowest BCUT2D eigenvalue weighted by Crippen LogP contribution is -2.28. The van der Waals surface area contributed by atoms with Crippen molar-refractivity contribution >= 4 is 22.9 Å². The molecule has 0 bridgehead atoms. The van der Waals surface area contributed by atoms with E-state index in [4.69, 9.17) is 4.99 Å². The number of carbonyl (C=O) groups excluding carboxylic acids is 1. The van der Waals surface area contributed by atoms with Gasteiger partial charge in [-0.2, -0.15) is 0 Å². The third kappa shape index (κ3) is 5.50. The van der Waals surface area contributed by atoms with Crippen molar-refractivity contribution in [3.63, 3.8) is 0 Å². The zero-order valence-electron chi connectivity index (χ0n) is 16.4. The van der Waals surface area contributed by atoms with Gasteiger partial charge in [-0.3, -0.25) is 19.9 Å². The first-order valence-electron chi connectivity index (χ1n) is 9.88. The number of aromatic nitrogens is 1. The van der Waals surface area contributed by atoms with Gasteiger partial charge in [0.2, 0.25) is 5.91 Å². The summed E-state index contributed by atoms with van der Waals surface area (Å²) in [5, 5.41) is 15.4. The molecule has 1 fully saturated rings. The summed E-state index contributed by atoms with van der Waals surface area (Å²) in [5.41, 5.74) is 0.754. The van der Waals surface area contributed by atoms with Crippen LogP contribution < -0.4 is 10.1 Å². The summed E-state index contributed by atoms with van der Waals surface area (Å²) in [7, 11) is 0. The number of nitro groups is 1. The van der Waals surface area contributed by atoms with Crippen molar-refractivity contribution in [3.05, 3.63) is 55.6 Å². The number of carbonyl (C=O) groups is 1. The molecule has 0 radical (unpaired) electrons. The molecule has 1 heterocycles. The van der Waals surface area contributed by atoms with E-state index in [1.54, 1.807) is 0 Å². The molecule has 3 rings (SSSR count). The number of thiazole rings is 1. The number of nitro benzene ring substituents is 1. The lowest BCUT2D eigenvalue weighted by atomic mass is 9.96. The van der Waals surface area contributed by atoms with Crippen LogP contribution in [-0.4, -0.2) is 21.4 Å². The zero-order valence-corrected chi connectivity index (χ0v) is 17.2. The molecule has 1 aliphatic carbocycles. The van der Waals surface area contributed by atoms with Gasteiger partial charge >= 0.3 is 0 Å². The Morgan fingerprint density at radius 1 is 1.38 bits per heavy atom. The van der Waals surface area contributed by atoms with Gasteiger partial charge in [0.05, 0.1) is 17.4 Å². The van der Waals surface area contributed by atoms with Crippen LogP contribution in [0.3, 0.4) is 0 Å². The van der Waals surface area contributed by atoms with Crippen molar-refractivity contribution in [2.75, 3.05) is 0 Å². The minimum absolute atomic E-state index is 0.0919. The van der Waals surface area contributed by atoms with Crippen LogP contribution in [0.15, 0.2) is 28.6 Å². The summed E-state index contributed by atoms with van der Waals surface area (Å²) < 4.78 is 15.9. The number of hydrogen-bond acceptors (Lipinski definition) is 5. The van der Waals surface area contributed by atoms with Gasteiger partial charge in [0.1, 0.15) is 5.82 Å². The normalized spacial score (nSPS) is 15.4. The second-order valence-electron chi connectivity index (χ2n) is 7.16. The molecule has 1 N–H and O–H groups in total. The molecule has 1 aromatic carbocycles. The Morgan fingerprint density at radius 3 is 2.83 bits per heavy atom. The molecular formula is C20H25FN4O3S. The number of hydrogen-bond donors (Lipinski definition) is 1. The Kier molecular flexibility index (Phi) is 7.13. The smallest absolute Gasteiger partial charge is 0.269 e. The molecule has 1 amide bonds. The number of nitrogens with zero attached hydrogens (tertiary/aromatic N) is 3. The van der Waals surface area contributed by atoms with Gasteiger partial charge in [0, 0.05) is 41.9 Å². The molecule has 1 aliphatic rings. The van der Waals surface area contributed by atoms with Crippen molar-refractivity contribution in [2.45, 2.75) is 64.6 Å². The van der Waals surface area contributed by atoms with Crippen LogP contribution in [0.1, 0.15) is 50.3 Å². The maximum absolute atomic E-state index is 13.9. The van der Waals surface area contributed by atoms with Gasteiger partial charge in [0.25, 0.3) is 5.69 Å². The fraction of sp³-hybridized carbons (Fsp3) is 0.500. The van der Waals surface area contributed by atoms with E-state index in [1.165, 1.54) is 30.6 Å².